The number of ether oxygens (including phenoxy) is 2. The molecular formula is C13H23N5O4. The van der Waals surface area contributed by atoms with Crippen molar-refractivity contribution in [3.63, 3.8) is 0 Å². The molecule has 0 saturated carbocycles. The highest BCUT2D eigenvalue weighted by Gasteiger charge is 2.23. The zero-order valence-electron chi connectivity index (χ0n) is 13.6. The zero-order chi connectivity index (χ0) is 16.8. The SMILES string of the molecule is CCC(NC(=O)OC(C)(C)C)c1nnnn1CCC(=O)OC. The number of methoxy groups -OCH3 is 1. The smallest absolute Gasteiger partial charge is 0.408 e. The van der Waals surface area contributed by atoms with Crippen LogP contribution in [0, 0.1) is 0 Å². The van der Waals surface area contributed by atoms with E-state index >= 15 is 0 Å². The van der Waals surface area contributed by atoms with E-state index in [9.17, 15) is 9.59 Å². The van der Waals surface area contributed by atoms with Crippen LogP contribution in [0.5, 0.6) is 0 Å². The van der Waals surface area contributed by atoms with Gasteiger partial charge in [-0.15, -0.1) is 5.10 Å². The molecule has 0 spiro atoms. The standard InChI is InChI=1S/C13H23N5O4/c1-6-9(14-12(20)22-13(2,3)4)11-15-16-17-18(11)8-7-10(19)21-5/h9H,6-8H2,1-5H3,(H,14,20). The summed E-state index contributed by atoms with van der Waals surface area (Å²) in [7, 11) is 1.32. The normalized spacial score (nSPS) is 12.6. The lowest BCUT2D eigenvalue weighted by Gasteiger charge is -2.22. The van der Waals surface area contributed by atoms with Gasteiger partial charge in [0.25, 0.3) is 0 Å². The fourth-order valence-corrected chi connectivity index (χ4v) is 1.72. The van der Waals surface area contributed by atoms with Gasteiger partial charge in [-0.1, -0.05) is 6.92 Å². The minimum absolute atomic E-state index is 0.150. The lowest BCUT2D eigenvalue weighted by Crippen LogP contribution is -2.36. The van der Waals surface area contributed by atoms with Crippen LogP contribution >= 0.6 is 0 Å². The lowest BCUT2D eigenvalue weighted by atomic mass is 10.2. The van der Waals surface area contributed by atoms with Crippen molar-refractivity contribution in [1.29, 1.82) is 0 Å². The molecule has 0 saturated heterocycles. The second kappa shape index (κ2) is 7.71. The van der Waals surface area contributed by atoms with Crippen molar-refractivity contribution in [2.24, 2.45) is 0 Å². The summed E-state index contributed by atoms with van der Waals surface area (Å²) in [5.41, 5.74) is -0.584. The minimum atomic E-state index is -0.584. The Balaban J connectivity index is 2.73. The topological polar surface area (TPSA) is 108 Å². The Hall–Kier alpha value is -2.19. The van der Waals surface area contributed by atoms with Gasteiger partial charge in [-0.3, -0.25) is 4.79 Å². The maximum atomic E-state index is 11.9. The summed E-state index contributed by atoms with van der Waals surface area (Å²) >= 11 is 0. The van der Waals surface area contributed by atoms with Crippen LogP contribution in [0.1, 0.15) is 52.4 Å². The number of rotatable bonds is 6. The number of hydrogen-bond donors (Lipinski definition) is 1. The van der Waals surface area contributed by atoms with Gasteiger partial charge >= 0.3 is 12.1 Å². The van der Waals surface area contributed by atoms with Gasteiger partial charge in [0.2, 0.25) is 0 Å². The van der Waals surface area contributed by atoms with Gasteiger partial charge in [0, 0.05) is 0 Å². The third-order valence-electron chi connectivity index (χ3n) is 2.73. The van der Waals surface area contributed by atoms with Crippen LogP contribution in [0.25, 0.3) is 0 Å². The maximum Gasteiger partial charge on any atom is 0.408 e. The van der Waals surface area contributed by atoms with Gasteiger partial charge < -0.3 is 14.8 Å². The Labute approximate surface area is 129 Å². The van der Waals surface area contributed by atoms with E-state index in [1.165, 1.54) is 11.8 Å². The van der Waals surface area contributed by atoms with Gasteiger partial charge in [0.1, 0.15) is 5.60 Å². The molecule has 0 aliphatic carbocycles. The van der Waals surface area contributed by atoms with Crippen molar-refractivity contribution in [3.8, 4) is 0 Å². The van der Waals surface area contributed by atoms with Crippen molar-refractivity contribution >= 4 is 12.1 Å². The Morgan fingerprint density at radius 3 is 2.59 bits per heavy atom. The average molecular weight is 313 g/mol. The summed E-state index contributed by atoms with van der Waals surface area (Å²) in [6.07, 6.45) is 0.191. The molecule has 9 heteroatoms. The fourth-order valence-electron chi connectivity index (χ4n) is 1.72. The first-order valence-corrected chi connectivity index (χ1v) is 7.09. The summed E-state index contributed by atoms with van der Waals surface area (Å²) in [5.74, 6) is 0.117. The molecule has 0 bridgehead atoms. The van der Waals surface area contributed by atoms with E-state index in [0.29, 0.717) is 12.2 Å². The van der Waals surface area contributed by atoms with Crippen LogP contribution in [0.3, 0.4) is 0 Å². The second-order valence-corrected chi connectivity index (χ2v) is 5.69. The summed E-state index contributed by atoms with van der Waals surface area (Å²) < 4.78 is 11.3. The Kier molecular flexibility index (Phi) is 6.26. The van der Waals surface area contributed by atoms with Gasteiger partial charge in [-0.05, 0) is 37.6 Å². The van der Waals surface area contributed by atoms with Gasteiger partial charge in [-0.2, -0.15) is 0 Å². The molecule has 1 aromatic heterocycles. The fraction of sp³-hybridized carbons (Fsp3) is 0.769. The first-order chi connectivity index (χ1) is 10.3. The minimum Gasteiger partial charge on any atom is -0.469 e. The molecule has 124 valence electrons. The number of carbonyl (C=O) groups is 2. The van der Waals surface area contributed by atoms with E-state index in [4.69, 9.17) is 4.74 Å². The molecule has 1 unspecified atom stereocenters. The molecule has 1 aromatic rings. The quantitative estimate of drug-likeness (QED) is 0.786. The van der Waals surface area contributed by atoms with Crippen molar-refractivity contribution in [1.82, 2.24) is 25.5 Å². The Bertz CT molecular complexity index is 509. The summed E-state index contributed by atoms with van der Waals surface area (Å²) in [6.45, 7) is 7.53. The highest BCUT2D eigenvalue weighted by molar-refractivity contribution is 5.69. The first-order valence-electron chi connectivity index (χ1n) is 7.09. The Morgan fingerprint density at radius 1 is 1.36 bits per heavy atom. The van der Waals surface area contributed by atoms with Crippen molar-refractivity contribution in [2.45, 2.75) is 58.7 Å². The number of nitrogens with zero attached hydrogens (tertiary/aromatic N) is 4. The summed E-state index contributed by atoms with van der Waals surface area (Å²) in [4.78, 5) is 23.1. The van der Waals surface area contributed by atoms with E-state index < -0.39 is 17.7 Å². The second-order valence-electron chi connectivity index (χ2n) is 5.69. The number of alkyl carbamates (subject to hydrolysis) is 1. The van der Waals surface area contributed by atoms with Crippen LogP contribution in [0.4, 0.5) is 4.79 Å². The van der Waals surface area contributed by atoms with Gasteiger partial charge in [0.15, 0.2) is 5.82 Å². The van der Waals surface area contributed by atoms with E-state index in [1.807, 2.05) is 6.92 Å². The predicted molar refractivity (Wildman–Crippen MR) is 76.9 cm³/mol. The molecule has 1 heterocycles. The van der Waals surface area contributed by atoms with E-state index in [1.54, 1.807) is 20.8 Å². The van der Waals surface area contributed by atoms with Crippen LogP contribution in [-0.4, -0.2) is 45.0 Å². The molecule has 9 nitrogen and oxygen atoms in total. The molecular weight excluding hydrogens is 290 g/mol. The number of tetrazole rings is 1. The monoisotopic (exact) mass is 313 g/mol. The number of hydrogen-bond acceptors (Lipinski definition) is 7. The molecule has 0 radical (unpaired) electrons. The number of carbonyl (C=O) groups excluding carboxylic acids is 2. The third kappa shape index (κ3) is 5.66. The third-order valence-corrected chi connectivity index (χ3v) is 2.73. The zero-order valence-corrected chi connectivity index (χ0v) is 13.6. The number of nitrogens with one attached hydrogen (secondary N) is 1. The maximum absolute atomic E-state index is 11.9. The van der Waals surface area contributed by atoms with Crippen molar-refractivity contribution in [3.05, 3.63) is 5.82 Å². The van der Waals surface area contributed by atoms with E-state index in [2.05, 4.69) is 25.6 Å². The summed E-state index contributed by atoms with van der Waals surface area (Å²) in [6, 6.07) is -0.400. The van der Waals surface area contributed by atoms with Crippen molar-refractivity contribution in [2.75, 3.05) is 7.11 Å². The number of esters is 1. The molecule has 0 aliphatic rings. The highest BCUT2D eigenvalue weighted by atomic mass is 16.6. The summed E-state index contributed by atoms with van der Waals surface area (Å²) in [5, 5.41) is 14.1. The molecule has 1 N–H and O–H groups in total. The molecule has 1 rings (SSSR count). The molecule has 0 aromatic carbocycles. The number of aromatic nitrogens is 4. The van der Waals surface area contributed by atoms with Gasteiger partial charge in [-0.25, -0.2) is 9.48 Å². The number of amides is 1. The number of aryl methyl sites for hydroxylation is 1. The van der Waals surface area contributed by atoms with Crippen LogP contribution in [-0.2, 0) is 20.8 Å². The van der Waals surface area contributed by atoms with E-state index in [0.717, 1.165) is 0 Å². The van der Waals surface area contributed by atoms with Crippen LogP contribution < -0.4 is 5.32 Å². The first kappa shape index (κ1) is 17.9. The van der Waals surface area contributed by atoms with E-state index in [-0.39, 0.29) is 18.9 Å². The van der Waals surface area contributed by atoms with Crippen LogP contribution in [0.2, 0.25) is 0 Å². The van der Waals surface area contributed by atoms with Crippen LogP contribution in [0.15, 0.2) is 0 Å². The molecule has 22 heavy (non-hydrogen) atoms. The average Bonchev–Trinajstić information content (AvgIpc) is 2.88. The molecule has 0 fully saturated rings. The largest absolute Gasteiger partial charge is 0.469 e. The Morgan fingerprint density at radius 2 is 2.05 bits per heavy atom. The lowest BCUT2D eigenvalue weighted by molar-refractivity contribution is -0.140. The molecule has 1 amide bonds. The highest BCUT2D eigenvalue weighted by Crippen LogP contribution is 2.15. The van der Waals surface area contributed by atoms with Gasteiger partial charge in [0.05, 0.1) is 26.1 Å². The van der Waals surface area contributed by atoms with Crippen molar-refractivity contribution < 1.29 is 19.1 Å². The molecule has 1 atom stereocenters. The predicted octanol–water partition coefficient (Wildman–Crippen LogP) is 1.21. The molecule has 0 aliphatic heterocycles.